The molecule has 0 bridgehead atoms. The highest BCUT2D eigenvalue weighted by atomic mass is 16.6. The van der Waals surface area contributed by atoms with Crippen LogP contribution in [-0.4, -0.2) is 21.9 Å². The normalized spacial score (nSPS) is 32.5. The van der Waals surface area contributed by atoms with Crippen LogP contribution in [0.5, 0.6) is 0 Å². The SMILES string of the molecule is CCC1CCC([N+](=O)[O-])CC1[N+](=O)[O-]. The minimum Gasteiger partial charge on any atom is -0.264 e. The smallest absolute Gasteiger partial charge is 0.222 e. The summed E-state index contributed by atoms with van der Waals surface area (Å²) in [5.41, 5.74) is 0. The van der Waals surface area contributed by atoms with E-state index in [1.807, 2.05) is 6.92 Å². The monoisotopic (exact) mass is 202 g/mol. The second kappa shape index (κ2) is 4.34. The zero-order chi connectivity index (χ0) is 10.7. The van der Waals surface area contributed by atoms with E-state index in [2.05, 4.69) is 0 Å². The molecular weight excluding hydrogens is 188 g/mol. The van der Waals surface area contributed by atoms with Gasteiger partial charge in [-0.25, -0.2) is 0 Å². The van der Waals surface area contributed by atoms with Crippen molar-refractivity contribution < 1.29 is 9.85 Å². The van der Waals surface area contributed by atoms with Crippen LogP contribution < -0.4 is 0 Å². The van der Waals surface area contributed by atoms with Crippen molar-refractivity contribution in [3.8, 4) is 0 Å². The predicted octanol–water partition coefficient (Wildman–Crippen LogP) is 1.49. The average Bonchev–Trinajstić information content (AvgIpc) is 2.16. The third kappa shape index (κ3) is 2.18. The van der Waals surface area contributed by atoms with Gasteiger partial charge in [0.25, 0.3) is 0 Å². The maximum Gasteiger partial charge on any atom is 0.222 e. The first-order chi connectivity index (χ1) is 6.56. The largest absolute Gasteiger partial charge is 0.264 e. The van der Waals surface area contributed by atoms with E-state index < -0.39 is 12.1 Å². The topological polar surface area (TPSA) is 86.3 Å². The summed E-state index contributed by atoms with van der Waals surface area (Å²) in [5, 5.41) is 21.2. The molecule has 6 nitrogen and oxygen atoms in total. The van der Waals surface area contributed by atoms with Gasteiger partial charge in [-0.15, -0.1) is 0 Å². The summed E-state index contributed by atoms with van der Waals surface area (Å²) in [6, 6.07) is -1.43. The van der Waals surface area contributed by atoms with Crippen molar-refractivity contribution in [2.75, 3.05) is 0 Å². The molecule has 3 unspecified atom stereocenters. The maximum absolute atomic E-state index is 10.7. The molecule has 3 atom stereocenters. The molecule has 0 saturated heterocycles. The lowest BCUT2D eigenvalue weighted by Crippen LogP contribution is -2.40. The van der Waals surface area contributed by atoms with E-state index >= 15 is 0 Å². The molecule has 0 heterocycles. The highest BCUT2D eigenvalue weighted by Crippen LogP contribution is 2.30. The van der Waals surface area contributed by atoms with Gasteiger partial charge in [0, 0.05) is 22.2 Å². The Bertz CT molecular complexity index is 243. The van der Waals surface area contributed by atoms with Crippen molar-refractivity contribution in [2.24, 2.45) is 5.92 Å². The summed E-state index contributed by atoms with van der Waals surface area (Å²) in [5.74, 6) is 0.0150. The minimum absolute atomic E-state index is 0.0150. The van der Waals surface area contributed by atoms with Gasteiger partial charge in [0.1, 0.15) is 0 Å². The van der Waals surface area contributed by atoms with E-state index in [1.165, 1.54) is 0 Å². The number of hydrogen-bond acceptors (Lipinski definition) is 4. The van der Waals surface area contributed by atoms with E-state index in [-0.39, 0.29) is 22.2 Å². The van der Waals surface area contributed by atoms with E-state index in [0.29, 0.717) is 12.8 Å². The van der Waals surface area contributed by atoms with Gasteiger partial charge in [-0.05, 0) is 12.8 Å². The van der Waals surface area contributed by atoms with Gasteiger partial charge in [0.05, 0.1) is 6.42 Å². The van der Waals surface area contributed by atoms with Gasteiger partial charge < -0.3 is 0 Å². The molecule has 0 N–H and O–H groups in total. The summed E-state index contributed by atoms with van der Waals surface area (Å²) >= 11 is 0. The van der Waals surface area contributed by atoms with Crippen LogP contribution in [0, 0.1) is 26.1 Å². The standard InChI is InChI=1S/C8H14N2O4/c1-2-6-3-4-7(9(11)12)5-8(6)10(13)14/h6-8H,2-5H2,1H3. The summed E-state index contributed by atoms with van der Waals surface area (Å²) < 4.78 is 0. The minimum atomic E-state index is -0.718. The van der Waals surface area contributed by atoms with Crippen LogP contribution in [0.4, 0.5) is 0 Å². The predicted molar refractivity (Wildman–Crippen MR) is 49.2 cm³/mol. The Hall–Kier alpha value is -1.20. The fourth-order valence-corrected chi connectivity index (χ4v) is 2.11. The number of nitrogens with zero attached hydrogens (tertiary/aromatic N) is 2. The molecule has 0 aromatic rings. The Kier molecular flexibility index (Phi) is 3.38. The van der Waals surface area contributed by atoms with Crippen molar-refractivity contribution in [1.82, 2.24) is 0 Å². The van der Waals surface area contributed by atoms with Gasteiger partial charge in [0.15, 0.2) is 0 Å². The Morgan fingerprint density at radius 3 is 2.29 bits per heavy atom. The molecule has 0 amide bonds. The Morgan fingerprint density at radius 1 is 1.21 bits per heavy atom. The summed E-state index contributed by atoms with van der Waals surface area (Å²) in [7, 11) is 0. The quantitative estimate of drug-likeness (QED) is 0.512. The average molecular weight is 202 g/mol. The van der Waals surface area contributed by atoms with Crippen LogP contribution in [0.15, 0.2) is 0 Å². The number of nitro groups is 2. The molecule has 1 rings (SSSR count). The molecule has 0 spiro atoms. The van der Waals surface area contributed by atoms with E-state index in [4.69, 9.17) is 0 Å². The second-order valence-electron chi connectivity index (χ2n) is 3.77. The van der Waals surface area contributed by atoms with Crippen molar-refractivity contribution in [2.45, 2.75) is 44.7 Å². The van der Waals surface area contributed by atoms with Gasteiger partial charge in [-0.2, -0.15) is 0 Å². The number of hydrogen-bond donors (Lipinski definition) is 0. The lowest BCUT2D eigenvalue weighted by molar-refractivity contribution is -0.574. The van der Waals surface area contributed by atoms with Crippen LogP contribution in [0.3, 0.4) is 0 Å². The molecule has 0 aromatic heterocycles. The second-order valence-corrected chi connectivity index (χ2v) is 3.77. The van der Waals surface area contributed by atoms with E-state index in [1.54, 1.807) is 0 Å². The molecular formula is C8H14N2O4. The van der Waals surface area contributed by atoms with Gasteiger partial charge in [0.2, 0.25) is 12.1 Å². The molecule has 1 saturated carbocycles. The molecule has 0 radical (unpaired) electrons. The fourth-order valence-electron chi connectivity index (χ4n) is 2.11. The van der Waals surface area contributed by atoms with Crippen LogP contribution >= 0.6 is 0 Å². The summed E-state index contributed by atoms with van der Waals surface area (Å²) in [6.45, 7) is 1.90. The van der Waals surface area contributed by atoms with Crippen molar-refractivity contribution in [3.63, 3.8) is 0 Å². The van der Waals surface area contributed by atoms with Crippen molar-refractivity contribution >= 4 is 0 Å². The molecule has 6 heteroatoms. The molecule has 1 aliphatic rings. The highest BCUT2D eigenvalue weighted by Gasteiger charge is 2.42. The van der Waals surface area contributed by atoms with Gasteiger partial charge >= 0.3 is 0 Å². The molecule has 0 aromatic carbocycles. The van der Waals surface area contributed by atoms with Crippen LogP contribution in [0.25, 0.3) is 0 Å². The zero-order valence-corrected chi connectivity index (χ0v) is 8.09. The molecule has 1 aliphatic carbocycles. The maximum atomic E-state index is 10.7. The Labute approximate surface area is 81.6 Å². The summed E-state index contributed by atoms with van der Waals surface area (Å²) in [6.07, 6.45) is 1.91. The molecule has 1 fully saturated rings. The lowest BCUT2D eigenvalue weighted by atomic mass is 9.81. The Morgan fingerprint density at radius 2 is 1.86 bits per heavy atom. The van der Waals surface area contributed by atoms with Gasteiger partial charge in [-0.1, -0.05) is 6.92 Å². The van der Waals surface area contributed by atoms with Crippen LogP contribution in [0.2, 0.25) is 0 Å². The lowest BCUT2D eigenvalue weighted by Gasteiger charge is -2.25. The van der Waals surface area contributed by atoms with Crippen molar-refractivity contribution in [1.29, 1.82) is 0 Å². The first kappa shape index (κ1) is 10.9. The highest BCUT2D eigenvalue weighted by molar-refractivity contribution is 4.79. The first-order valence-electron chi connectivity index (χ1n) is 4.83. The molecule has 14 heavy (non-hydrogen) atoms. The third-order valence-electron chi connectivity index (χ3n) is 3.02. The van der Waals surface area contributed by atoms with Gasteiger partial charge in [-0.3, -0.25) is 20.2 Å². The Balaban J connectivity index is 2.66. The van der Waals surface area contributed by atoms with E-state index in [0.717, 1.165) is 6.42 Å². The third-order valence-corrected chi connectivity index (χ3v) is 3.02. The summed E-state index contributed by atoms with van der Waals surface area (Å²) in [4.78, 5) is 20.4. The zero-order valence-electron chi connectivity index (χ0n) is 8.09. The number of rotatable bonds is 3. The fraction of sp³-hybridized carbons (Fsp3) is 1.00. The van der Waals surface area contributed by atoms with Crippen molar-refractivity contribution in [3.05, 3.63) is 20.2 Å². The first-order valence-corrected chi connectivity index (χ1v) is 4.83. The van der Waals surface area contributed by atoms with Crippen LogP contribution in [0.1, 0.15) is 32.6 Å². The molecule has 0 aliphatic heterocycles. The molecule has 80 valence electrons. The van der Waals surface area contributed by atoms with Crippen LogP contribution in [-0.2, 0) is 0 Å². The van der Waals surface area contributed by atoms with E-state index in [9.17, 15) is 20.2 Å².